The van der Waals surface area contributed by atoms with Gasteiger partial charge in [0.25, 0.3) is 5.91 Å². The molecule has 8 nitrogen and oxygen atoms in total. The number of carbonyl (C=O) groups excluding carboxylic acids is 2. The first-order valence-corrected chi connectivity index (χ1v) is 12.2. The van der Waals surface area contributed by atoms with Gasteiger partial charge in [0.05, 0.1) is 35.0 Å². The van der Waals surface area contributed by atoms with Crippen molar-refractivity contribution in [2.24, 2.45) is 0 Å². The van der Waals surface area contributed by atoms with Gasteiger partial charge in [-0.05, 0) is 37.3 Å². The first-order chi connectivity index (χ1) is 17.4. The van der Waals surface area contributed by atoms with Gasteiger partial charge in [-0.25, -0.2) is 14.2 Å². The third kappa shape index (κ3) is 4.94. The van der Waals surface area contributed by atoms with E-state index in [1.165, 1.54) is 11.0 Å². The molecule has 2 aliphatic heterocycles. The van der Waals surface area contributed by atoms with E-state index in [2.05, 4.69) is 10.3 Å². The lowest BCUT2D eigenvalue weighted by atomic mass is 10.1. The number of cyclic esters (lactones) is 1. The fraction of sp³-hybridized carbons (Fsp3) is 0.308. The number of nitrogens with zero attached hydrogens (tertiary/aromatic N) is 4. The summed E-state index contributed by atoms with van der Waals surface area (Å²) in [6, 6.07) is 16.1. The van der Waals surface area contributed by atoms with Crippen LogP contribution >= 0.6 is 12.2 Å². The largest absolute Gasteiger partial charge is 0.442 e. The fourth-order valence-electron chi connectivity index (χ4n) is 4.51. The van der Waals surface area contributed by atoms with Crippen molar-refractivity contribution in [3.8, 4) is 0 Å². The van der Waals surface area contributed by atoms with Crippen LogP contribution in [0.4, 0.5) is 20.6 Å². The summed E-state index contributed by atoms with van der Waals surface area (Å²) in [6.45, 7) is 4.39. The van der Waals surface area contributed by atoms with Crippen LogP contribution in [-0.4, -0.2) is 72.2 Å². The standard InChI is InChI=1S/C26H26FN5O3S/c1-17(36)28-15-20-16-32(26(34)35-20)19-7-9-24(21(27)14-19)30-10-12-31(13-11-30)25(33)23-8-6-18-4-2-3-5-22(18)29-23/h2-9,14,20H,10-13,15-16H2,1H3,(H,28,36)/t20-/m0/s1. The molecule has 0 spiro atoms. The number of pyridine rings is 1. The molecule has 1 atom stereocenters. The predicted molar refractivity (Wildman–Crippen MR) is 140 cm³/mol. The number of para-hydroxylation sites is 1. The number of nitrogens with one attached hydrogen (secondary N) is 1. The minimum Gasteiger partial charge on any atom is -0.442 e. The Morgan fingerprint density at radius 1 is 1.14 bits per heavy atom. The molecule has 2 aromatic carbocycles. The first kappa shape index (κ1) is 23.9. The SMILES string of the molecule is CC(=S)NC[C@H]1CN(c2ccc(N3CCN(C(=O)c4ccc5ccccc5n4)CC3)c(F)c2)C(=O)O1. The van der Waals surface area contributed by atoms with E-state index >= 15 is 4.39 Å². The lowest BCUT2D eigenvalue weighted by Crippen LogP contribution is -2.49. The van der Waals surface area contributed by atoms with Crippen LogP contribution in [0.25, 0.3) is 10.9 Å². The summed E-state index contributed by atoms with van der Waals surface area (Å²) in [6.07, 6.45) is -0.869. The van der Waals surface area contributed by atoms with Crippen LogP contribution in [0.5, 0.6) is 0 Å². The smallest absolute Gasteiger partial charge is 0.414 e. The topological polar surface area (TPSA) is 78.0 Å². The number of carbonyl (C=O) groups is 2. The summed E-state index contributed by atoms with van der Waals surface area (Å²) in [5, 5.41) is 3.97. The van der Waals surface area contributed by atoms with E-state index < -0.39 is 11.9 Å². The minimum atomic E-state index is -0.509. The van der Waals surface area contributed by atoms with Gasteiger partial charge in [0.2, 0.25) is 0 Å². The summed E-state index contributed by atoms with van der Waals surface area (Å²) in [4.78, 5) is 35.5. The number of piperazine rings is 1. The Balaban J connectivity index is 1.21. The maximum atomic E-state index is 15.1. The number of ether oxygens (including phenoxy) is 1. The predicted octanol–water partition coefficient (Wildman–Crippen LogP) is 3.60. The fourth-order valence-corrected chi connectivity index (χ4v) is 4.60. The Morgan fingerprint density at radius 2 is 1.92 bits per heavy atom. The van der Waals surface area contributed by atoms with Crippen LogP contribution in [0, 0.1) is 5.82 Å². The molecule has 0 saturated carbocycles. The summed E-state index contributed by atoms with van der Waals surface area (Å²) in [5.41, 5.74) is 2.07. The van der Waals surface area contributed by atoms with E-state index in [0.717, 1.165) is 10.9 Å². The van der Waals surface area contributed by atoms with Gasteiger partial charge in [-0.1, -0.05) is 36.5 Å². The molecule has 1 N–H and O–H groups in total. The number of thiocarbonyl (C=S) groups is 1. The van der Waals surface area contributed by atoms with Crippen molar-refractivity contribution < 1.29 is 18.7 Å². The monoisotopic (exact) mass is 507 g/mol. The summed E-state index contributed by atoms with van der Waals surface area (Å²) >= 11 is 5.00. The molecule has 2 amide bonds. The molecule has 3 aromatic rings. The number of fused-ring (bicyclic) bond motifs is 1. The molecular formula is C26H26FN5O3S. The number of hydrogen-bond donors (Lipinski definition) is 1. The summed E-state index contributed by atoms with van der Waals surface area (Å²) in [7, 11) is 0. The van der Waals surface area contributed by atoms with E-state index in [-0.39, 0.29) is 12.0 Å². The lowest BCUT2D eigenvalue weighted by molar-refractivity contribution is 0.0741. The quantitative estimate of drug-likeness (QED) is 0.529. The molecular weight excluding hydrogens is 481 g/mol. The molecule has 36 heavy (non-hydrogen) atoms. The van der Waals surface area contributed by atoms with Crippen LogP contribution in [-0.2, 0) is 4.74 Å². The third-order valence-corrected chi connectivity index (χ3v) is 6.57. The molecule has 1 aromatic heterocycles. The molecule has 186 valence electrons. The van der Waals surface area contributed by atoms with Crippen LogP contribution in [0.3, 0.4) is 0 Å². The molecule has 10 heteroatoms. The number of hydrogen-bond acceptors (Lipinski definition) is 6. The molecule has 0 radical (unpaired) electrons. The summed E-state index contributed by atoms with van der Waals surface area (Å²) in [5.74, 6) is -0.552. The van der Waals surface area contributed by atoms with Crippen LogP contribution in [0.15, 0.2) is 54.6 Å². The number of amides is 2. The highest BCUT2D eigenvalue weighted by Gasteiger charge is 2.33. The molecule has 0 bridgehead atoms. The van der Waals surface area contributed by atoms with E-state index in [1.807, 2.05) is 35.2 Å². The van der Waals surface area contributed by atoms with Crippen LogP contribution < -0.4 is 15.1 Å². The van der Waals surface area contributed by atoms with E-state index in [1.54, 1.807) is 30.0 Å². The third-order valence-electron chi connectivity index (χ3n) is 6.42. The highest BCUT2D eigenvalue weighted by Crippen LogP contribution is 2.28. The van der Waals surface area contributed by atoms with Crippen molar-refractivity contribution in [1.29, 1.82) is 0 Å². The number of anilines is 2. The highest BCUT2D eigenvalue weighted by molar-refractivity contribution is 7.80. The second-order valence-electron chi connectivity index (χ2n) is 8.86. The maximum absolute atomic E-state index is 15.1. The zero-order valence-corrected chi connectivity index (χ0v) is 20.6. The molecule has 2 fully saturated rings. The van der Waals surface area contributed by atoms with Gasteiger partial charge in [-0.15, -0.1) is 0 Å². The van der Waals surface area contributed by atoms with Gasteiger partial charge in [-0.3, -0.25) is 9.69 Å². The normalized spacial score (nSPS) is 17.9. The first-order valence-electron chi connectivity index (χ1n) is 11.8. The maximum Gasteiger partial charge on any atom is 0.414 e. The molecule has 2 saturated heterocycles. The van der Waals surface area contributed by atoms with Crippen molar-refractivity contribution in [3.05, 3.63) is 66.1 Å². The van der Waals surface area contributed by atoms with Gasteiger partial charge in [0.1, 0.15) is 17.6 Å². The number of aromatic nitrogens is 1. The van der Waals surface area contributed by atoms with Crippen LogP contribution in [0.2, 0.25) is 0 Å². The number of benzene rings is 2. The Morgan fingerprint density at radius 3 is 2.67 bits per heavy atom. The molecule has 0 unspecified atom stereocenters. The van der Waals surface area contributed by atoms with Crippen molar-refractivity contribution in [1.82, 2.24) is 15.2 Å². The highest BCUT2D eigenvalue weighted by atomic mass is 32.1. The van der Waals surface area contributed by atoms with Gasteiger partial charge in [0, 0.05) is 31.6 Å². The van der Waals surface area contributed by atoms with E-state index in [0.29, 0.717) is 61.3 Å². The lowest BCUT2D eigenvalue weighted by Gasteiger charge is -2.36. The zero-order valence-electron chi connectivity index (χ0n) is 19.8. The Kier molecular flexibility index (Phi) is 6.69. The van der Waals surface area contributed by atoms with Gasteiger partial charge in [0.15, 0.2) is 0 Å². The van der Waals surface area contributed by atoms with Gasteiger partial charge < -0.3 is 19.9 Å². The van der Waals surface area contributed by atoms with E-state index in [4.69, 9.17) is 17.0 Å². The van der Waals surface area contributed by atoms with Crippen molar-refractivity contribution in [3.63, 3.8) is 0 Å². The van der Waals surface area contributed by atoms with Gasteiger partial charge >= 0.3 is 6.09 Å². The second kappa shape index (κ2) is 10.1. The molecule has 2 aliphatic rings. The van der Waals surface area contributed by atoms with Crippen LogP contribution in [0.1, 0.15) is 17.4 Å². The zero-order chi connectivity index (χ0) is 25.2. The number of halogens is 1. The Labute approximate surface area is 213 Å². The average Bonchev–Trinajstić information content (AvgIpc) is 3.27. The number of rotatable bonds is 5. The van der Waals surface area contributed by atoms with Crippen molar-refractivity contribution >= 4 is 51.5 Å². The average molecular weight is 508 g/mol. The van der Waals surface area contributed by atoms with Crippen molar-refractivity contribution in [2.45, 2.75) is 13.0 Å². The Bertz CT molecular complexity index is 1330. The Hall–Kier alpha value is -3.79. The molecule has 5 rings (SSSR count). The molecule has 3 heterocycles. The van der Waals surface area contributed by atoms with E-state index in [9.17, 15) is 9.59 Å². The van der Waals surface area contributed by atoms with Crippen molar-refractivity contribution in [2.75, 3.05) is 49.1 Å². The molecule has 0 aliphatic carbocycles. The summed E-state index contributed by atoms with van der Waals surface area (Å²) < 4.78 is 20.4. The second-order valence-corrected chi connectivity index (χ2v) is 9.47. The van der Waals surface area contributed by atoms with Gasteiger partial charge in [-0.2, -0.15) is 0 Å². The minimum absolute atomic E-state index is 0.128.